The second-order valence-corrected chi connectivity index (χ2v) is 5.10. The van der Waals surface area contributed by atoms with Gasteiger partial charge in [-0.2, -0.15) is 5.26 Å². The molecule has 0 saturated carbocycles. The number of nitrogens with zero attached hydrogens (tertiary/aromatic N) is 3. The zero-order valence-corrected chi connectivity index (χ0v) is 13.0. The summed E-state index contributed by atoms with van der Waals surface area (Å²) in [5, 5.41) is 11.8. The number of rotatable bonds is 5. The van der Waals surface area contributed by atoms with Gasteiger partial charge in [-0.3, -0.25) is 4.98 Å². The molecule has 0 aliphatic rings. The molecule has 0 bridgehead atoms. The third-order valence-corrected chi connectivity index (χ3v) is 3.21. The number of hydrogen-bond acceptors (Lipinski definition) is 3. The van der Waals surface area contributed by atoms with Crippen molar-refractivity contribution in [3.63, 3.8) is 0 Å². The molecule has 1 aromatic heterocycles. The summed E-state index contributed by atoms with van der Waals surface area (Å²) in [6.07, 6.45) is 3.32. The van der Waals surface area contributed by atoms with E-state index in [1.807, 2.05) is 19.1 Å². The van der Waals surface area contributed by atoms with E-state index < -0.39 is 0 Å². The number of benzene rings is 1. The SMILES string of the molecule is C=CCN(Cc1cccc(C#N)c1)C(=O)Nc1ccnc(C)c1. The molecular formula is C18H18N4O. The quantitative estimate of drug-likeness (QED) is 0.860. The van der Waals surface area contributed by atoms with E-state index in [1.165, 1.54) is 0 Å². The van der Waals surface area contributed by atoms with E-state index in [-0.39, 0.29) is 6.03 Å². The predicted molar refractivity (Wildman–Crippen MR) is 89.8 cm³/mol. The van der Waals surface area contributed by atoms with Crippen LogP contribution < -0.4 is 5.32 Å². The van der Waals surface area contributed by atoms with Crippen molar-refractivity contribution < 1.29 is 4.79 Å². The molecule has 116 valence electrons. The van der Waals surface area contributed by atoms with Crippen molar-refractivity contribution in [3.05, 3.63) is 72.1 Å². The average molecular weight is 306 g/mol. The second kappa shape index (κ2) is 7.76. The maximum absolute atomic E-state index is 12.5. The number of carbonyl (C=O) groups is 1. The van der Waals surface area contributed by atoms with Crippen molar-refractivity contribution in [3.8, 4) is 6.07 Å². The summed E-state index contributed by atoms with van der Waals surface area (Å²) in [6.45, 7) is 6.37. The molecule has 0 aliphatic carbocycles. The van der Waals surface area contributed by atoms with E-state index in [4.69, 9.17) is 5.26 Å². The lowest BCUT2D eigenvalue weighted by Crippen LogP contribution is -2.34. The molecule has 1 aromatic carbocycles. The van der Waals surface area contributed by atoms with Crippen LogP contribution in [-0.4, -0.2) is 22.5 Å². The van der Waals surface area contributed by atoms with Gasteiger partial charge >= 0.3 is 6.03 Å². The van der Waals surface area contributed by atoms with Gasteiger partial charge in [0.05, 0.1) is 11.6 Å². The van der Waals surface area contributed by atoms with E-state index in [2.05, 4.69) is 22.9 Å². The molecule has 1 N–H and O–H groups in total. The van der Waals surface area contributed by atoms with Gasteiger partial charge in [-0.25, -0.2) is 4.79 Å². The smallest absolute Gasteiger partial charge is 0.316 e. The van der Waals surface area contributed by atoms with Crippen molar-refractivity contribution in [2.24, 2.45) is 0 Å². The Bertz CT molecular complexity index is 749. The Morgan fingerprint density at radius 2 is 2.26 bits per heavy atom. The van der Waals surface area contributed by atoms with Gasteiger partial charge in [0.1, 0.15) is 0 Å². The van der Waals surface area contributed by atoms with Crippen LogP contribution >= 0.6 is 0 Å². The molecule has 2 rings (SSSR count). The number of anilines is 1. The molecule has 0 spiro atoms. The lowest BCUT2D eigenvalue weighted by Gasteiger charge is -2.22. The largest absolute Gasteiger partial charge is 0.322 e. The first-order chi connectivity index (χ1) is 11.1. The van der Waals surface area contributed by atoms with Gasteiger partial charge in [0.15, 0.2) is 0 Å². The highest BCUT2D eigenvalue weighted by Crippen LogP contribution is 2.12. The molecule has 23 heavy (non-hydrogen) atoms. The normalized spacial score (nSPS) is 9.74. The Morgan fingerprint density at radius 3 is 2.96 bits per heavy atom. The van der Waals surface area contributed by atoms with E-state index >= 15 is 0 Å². The van der Waals surface area contributed by atoms with Crippen LogP contribution in [0.25, 0.3) is 0 Å². The van der Waals surface area contributed by atoms with Gasteiger partial charge in [0.2, 0.25) is 0 Å². The first kappa shape index (κ1) is 16.2. The van der Waals surface area contributed by atoms with Gasteiger partial charge < -0.3 is 10.2 Å². The molecule has 0 unspecified atom stereocenters. The minimum absolute atomic E-state index is 0.224. The molecule has 0 atom stereocenters. The van der Waals surface area contributed by atoms with Crippen LogP contribution in [0.1, 0.15) is 16.8 Å². The van der Waals surface area contributed by atoms with Crippen LogP contribution in [0.3, 0.4) is 0 Å². The number of carbonyl (C=O) groups excluding carboxylic acids is 1. The highest BCUT2D eigenvalue weighted by atomic mass is 16.2. The first-order valence-electron chi connectivity index (χ1n) is 7.21. The number of urea groups is 1. The molecule has 5 nitrogen and oxygen atoms in total. The molecular weight excluding hydrogens is 288 g/mol. The monoisotopic (exact) mass is 306 g/mol. The Hall–Kier alpha value is -3.13. The Morgan fingerprint density at radius 1 is 1.43 bits per heavy atom. The van der Waals surface area contributed by atoms with Crippen LogP contribution in [0.2, 0.25) is 0 Å². The van der Waals surface area contributed by atoms with Gasteiger partial charge in [0, 0.05) is 30.7 Å². The van der Waals surface area contributed by atoms with Crippen LogP contribution in [0.5, 0.6) is 0 Å². The molecule has 0 radical (unpaired) electrons. The number of aryl methyl sites for hydroxylation is 1. The second-order valence-electron chi connectivity index (χ2n) is 5.10. The summed E-state index contributed by atoms with van der Waals surface area (Å²) in [6, 6.07) is 12.6. The maximum atomic E-state index is 12.5. The van der Waals surface area contributed by atoms with Crippen LogP contribution in [-0.2, 0) is 6.54 Å². The van der Waals surface area contributed by atoms with E-state index in [0.29, 0.717) is 24.3 Å². The predicted octanol–water partition coefficient (Wildman–Crippen LogP) is 3.48. The Labute approximate surface area is 135 Å². The summed E-state index contributed by atoms with van der Waals surface area (Å²) in [4.78, 5) is 18.2. The molecule has 2 amide bonds. The van der Waals surface area contributed by atoms with Gasteiger partial charge in [-0.1, -0.05) is 18.2 Å². The topological polar surface area (TPSA) is 69.0 Å². The van der Waals surface area contributed by atoms with E-state index in [1.54, 1.807) is 41.4 Å². The Kier molecular flexibility index (Phi) is 5.48. The zero-order valence-electron chi connectivity index (χ0n) is 13.0. The molecule has 1 heterocycles. The van der Waals surface area contributed by atoms with Crippen LogP contribution in [0.15, 0.2) is 55.3 Å². The third-order valence-electron chi connectivity index (χ3n) is 3.21. The lowest BCUT2D eigenvalue weighted by atomic mass is 10.1. The summed E-state index contributed by atoms with van der Waals surface area (Å²) in [5.74, 6) is 0. The minimum atomic E-state index is -0.224. The van der Waals surface area contributed by atoms with Crippen molar-refractivity contribution in [2.45, 2.75) is 13.5 Å². The van der Waals surface area contributed by atoms with E-state index in [9.17, 15) is 4.79 Å². The standard InChI is InChI=1S/C18H18N4O/c1-3-9-22(13-16-6-4-5-15(11-16)12-19)18(23)21-17-7-8-20-14(2)10-17/h3-8,10-11H,1,9,13H2,2H3,(H,20,21,23). The summed E-state index contributed by atoms with van der Waals surface area (Å²) in [5.41, 5.74) is 3.00. The molecule has 2 aromatic rings. The van der Waals surface area contributed by atoms with Gasteiger partial charge in [-0.15, -0.1) is 6.58 Å². The molecule has 0 aliphatic heterocycles. The van der Waals surface area contributed by atoms with Crippen molar-refractivity contribution in [1.82, 2.24) is 9.88 Å². The molecule has 0 fully saturated rings. The number of nitrogens with one attached hydrogen (secondary N) is 1. The van der Waals surface area contributed by atoms with E-state index in [0.717, 1.165) is 11.3 Å². The third kappa shape index (κ3) is 4.68. The minimum Gasteiger partial charge on any atom is -0.316 e. The number of amides is 2. The lowest BCUT2D eigenvalue weighted by molar-refractivity contribution is 0.215. The van der Waals surface area contributed by atoms with Crippen LogP contribution in [0, 0.1) is 18.3 Å². The molecule has 0 saturated heterocycles. The fourth-order valence-electron chi connectivity index (χ4n) is 2.16. The van der Waals surface area contributed by atoms with Crippen molar-refractivity contribution in [1.29, 1.82) is 5.26 Å². The van der Waals surface area contributed by atoms with Gasteiger partial charge in [-0.05, 0) is 36.8 Å². The number of aromatic nitrogens is 1. The number of pyridine rings is 1. The average Bonchev–Trinajstić information content (AvgIpc) is 2.54. The first-order valence-corrected chi connectivity index (χ1v) is 7.21. The Balaban J connectivity index is 2.12. The maximum Gasteiger partial charge on any atom is 0.322 e. The number of hydrogen-bond donors (Lipinski definition) is 1. The van der Waals surface area contributed by atoms with Crippen molar-refractivity contribution in [2.75, 3.05) is 11.9 Å². The zero-order chi connectivity index (χ0) is 16.7. The van der Waals surface area contributed by atoms with Gasteiger partial charge in [0.25, 0.3) is 0 Å². The fraction of sp³-hybridized carbons (Fsp3) is 0.167. The van der Waals surface area contributed by atoms with Crippen molar-refractivity contribution >= 4 is 11.7 Å². The summed E-state index contributed by atoms with van der Waals surface area (Å²) in [7, 11) is 0. The number of nitriles is 1. The highest BCUT2D eigenvalue weighted by molar-refractivity contribution is 5.89. The summed E-state index contributed by atoms with van der Waals surface area (Å²) >= 11 is 0. The summed E-state index contributed by atoms with van der Waals surface area (Å²) < 4.78 is 0. The molecule has 5 heteroatoms. The van der Waals surface area contributed by atoms with Crippen LogP contribution in [0.4, 0.5) is 10.5 Å². The highest BCUT2D eigenvalue weighted by Gasteiger charge is 2.13. The fourth-order valence-corrected chi connectivity index (χ4v) is 2.16.